The van der Waals surface area contributed by atoms with Gasteiger partial charge in [0, 0.05) is 16.7 Å². The van der Waals surface area contributed by atoms with Crippen molar-refractivity contribution in [1.29, 1.82) is 0 Å². The zero-order valence-corrected chi connectivity index (χ0v) is 13.7. The lowest BCUT2D eigenvalue weighted by atomic mass is 10.1. The van der Waals surface area contributed by atoms with Gasteiger partial charge in [-0.15, -0.1) is 0 Å². The predicted octanol–water partition coefficient (Wildman–Crippen LogP) is 5.76. The van der Waals surface area contributed by atoms with Crippen LogP contribution in [0.5, 0.6) is 0 Å². The normalized spacial score (nSPS) is 10.7. The average Bonchev–Trinajstić information content (AvgIpc) is 2.69. The molecule has 0 saturated carbocycles. The third-order valence-corrected chi connectivity index (χ3v) is 4.04. The van der Waals surface area contributed by atoms with Crippen LogP contribution in [0.4, 0.5) is 8.78 Å². The number of halogens is 2. The molecule has 0 fully saturated rings. The molecule has 0 radical (unpaired) electrons. The van der Waals surface area contributed by atoms with Crippen molar-refractivity contribution in [1.82, 2.24) is 9.97 Å². The molecule has 0 saturated heterocycles. The van der Waals surface area contributed by atoms with Crippen LogP contribution < -0.4 is 0 Å². The summed E-state index contributed by atoms with van der Waals surface area (Å²) in [6.45, 7) is 0. The van der Waals surface area contributed by atoms with Gasteiger partial charge in [-0.2, -0.15) is 0 Å². The van der Waals surface area contributed by atoms with Crippen molar-refractivity contribution in [2.45, 2.75) is 0 Å². The van der Waals surface area contributed by atoms with Crippen LogP contribution in [0.3, 0.4) is 0 Å². The monoisotopic (exact) mass is 344 g/mol. The van der Waals surface area contributed by atoms with Crippen molar-refractivity contribution in [2.75, 3.05) is 0 Å². The number of rotatable bonds is 3. The maximum atomic E-state index is 13.3. The minimum absolute atomic E-state index is 0.301. The Kier molecular flexibility index (Phi) is 4.23. The maximum Gasteiger partial charge on any atom is 0.160 e. The van der Waals surface area contributed by atoms with Crippen LogP contribution in [0.15, 0.2) is 84.9 Å². The molecule has 0 aliphatic heterocycles. The summed E-state index contributed by atoms with van der Waals surface area (Å²) < 4.78 is 26.5. The first kappa shape index (κ1) is 16.1. The zero-order chi connectivity index (χ0) is 17.9. The second-order valence-electron chi connectivity index (χ2n) is 5.84. The van der Waals surface area contributed by atoms with E-state index < -0.39 is 0 Å². The third-order valence-electron chi connectivity index (χ3n) is 4.04. The molecule has 1 heterocycles. The minimum Gasteiger partial charge on any atom is -0.228 e. The van der Waals surface area contributed by atoms with E-state index in [9.17, 15) is 8.78 Å². The number of benzene rings is 3. The maximum absolute atomic E-state index is 13.3. The van der Waals surface area contributed by atoms with E-state index in [1.165, 1.54) is 24.3 Å². The number of hydrogen-bond acceptors (Lipinski definition) is 2. The van der Waals surface area contributed by atoms with Gasteiger partial charge in [-0.3, -0.25) is 0 Å². The molecule has 4 rings (SSSR count). The van der Waals surface area contributed by atoms with Crippen LogP contribution in [0.25, 0.3) is 33.9 Å². The zero-order valence-electron chi connectivity index (χ0n) is 13.7. The van der Waals surface area contributed by atoms with Crippen molar-refractivity contribution in [2.24, 2.45) is 0 Å². The summed E-state index contributed by atoms with van der Waals surface area (Å²) in [5.74, 6) is -0.123. The smallest absolute Gasteiger partial charge is 0.160 e. The molecule has 0 aliphatic rings. The van der Waals surface area contributed by atoms with Crippen molar-refractivity contribution in [3.05, 3.63) is 96.6 Å². The standard InChI is InChI=1S/C22H14F2N2/c23-18-10-6-16(7-11-18)21-14-20(15-4-2-1-3-5-15)25-22(26-21)17-8-12-19(24)13-9-17/h1-14H. The molecule has 126 valence electrons. The van der Waals surface area contributed by atoms with Crippen molar-refractivity contribution >= 4 is 0 Å². The van der Waals surface area contributed by atoms with Gasteiger partial charge in [0.15, 0.2) is 5.82 Å². The molecule has 3 aromatic carbocycles. The van der Waals surface area contributed by atoms with E-state index in [4.69, 9.17) is 0 Å². The Morgan fingerprint density at radius 1 is 0.500 bits per heavy atom. The molecule has 0 unspecified atom stereocenters. The Labute approximate surface area is 149 Å². The molecule has 4 aromatic rings. The van der Waals surface area contributed by atoms with E-state index in [1.54, 1.807) is 24.3 Å². The summed E-state index contributed by atoms with van der Waals surface area (Å²) in [6, 6.07) is 23.8. The van der Waals surface area contributed by atoms with Gasteiger partial charge in [-0.25, -0.2) is 18.7 Å². The summed E-state index contributed by atoms with van der Waals surface area (Å²) in [5, 5.41) is 0. The summed E-state index contributed by atoms with van der Waals surface area (Å²) >= 11 is 0. The topological polar surface area (TPSA) is 25.8 Å². The van der Waals surface area contributed by atoms with E-state index in [0.717, 1.165) is 16.8 Å². The molecule has 0 spiro atoms. The molecule has 0 amide bonds. The van der Waals surface area contributed by atoms with Gasteiger partial charge in [0.25, 0.3) is 0 Å². The second-order valence-corrected chi connectivity index (χ2v) is 5.84. The Hall–Kier alpha value is -3.40. The Bertz CT molecular complexity index is 964. The highest BCUT2D eigenvalue weighted by molar-refractivity contribution is 5.71. The third kappa shape index (κ3) is 3.35. The predicted molar refractivity (Wildman–Crippen MR) is 98.3 cm³/mol. The summed E-state index contributed by atoms with van der Waals surface area (Å²) in [5.41, 5.74) is 3.88. The number of aromatic nitrogens is 2. The summed E-state index contributed by atoms with van der Waals surface area (Å²) in [4.78, 5) is 9.24. The molecular formula is C22H14F2N2. The molecule has 4 heteroatoms. The quantitative estimate of drug-likeness (QED) is 0.472. The van der Waals surface area contributed by atoms with Gasteiger partial charge in [-0.05, 0) is 54.6 Å². The molecule has 0 bridgehead atoms. The van der Waals surface area contributed by atoms with E-state index in [2.05, 4.69) is 9.97 Å². The summed E-state index contributed by atoms with van der Waals surface area (Å²) in [6.07, 6.45) is 0. The van der Waals surface area contributed by atoms with Gasteiger partial charge < -0.3 is 0 Å². The van der Waals surface area contributed by atoms with Crippen molar-refractivity contribution in [3.8, 4) is 33.9 Å². The van der Waals surface area contributed by atoms with Gasteiger partial charge in [0.2, 0.25) is 0 Å². The fourth-order valence-corrected chi connectivity index (χ4v) is 2.70. The Balaban J connectivity index is 1.89. The van der Waals surface area contributed by atoms with E-state index in [0.29, 0.717) is 17.1 Å². The number of hydrogen-bond donors (Lipinski definition) is 0. The van der Waals surface area contributed by atoms with Crippen LogP contribution in [-0.2, 0) is 0 Å². The van der Waals surface area contributed by atoms with E-state index in [1.807, 2.05) is 36.4 Å². The summed E-state index contributed by atoms with van der Waals surface area (Å²) in [7, 11) is 0. The first-order valence-electron chi connectivity index (χ1n) is 8.15. The molecule has 0 N–H and O–H groups in total. The first-order valence-corrected chi connectivity index (χ1v) is 8.15. The molecule has 0 atom stereocenters. The van der Waals surface area contributed by atoms with Crippen LogP contribution in [-0.4, -0.2) is 9.97 Å². The SMILES string of the molecule is Fc1ccc(-c2cc(-c3ccccc3)nc(-c3ccc(F)cc3)n2)cc1. The van der Waals surface area contributed by atoms with Crippen molar-refractivity contribution < 1.29 is 8.78 Å². The highest BCUT2D eigenvalue weighted by Gasteiger charge is 2.10. The molecule has 26 heavy (non-hydrogen) atoms. The average molecular weight is 344 g/mol. The van der Waals surface area contributed by atoms with E-state index in [-0.39, 0.29) is 11.6 Å². The first-order chi connectivity index (χ1) is 12.7. The van der Waals surface area contributed by atoms with Gasteiger partial charge in [-0.1, -0.05) is 30.3 Å². The highest BCUT2D eigenvalue weighted by atomic mass is 19.1. The highest BCUT2D eigenvalue weighted by Crippen LogP contribution is 2.27. The van der Waals surface area contributed by atoms with Gasteiger partial charge >= 0.3 is 0 Å². The van der Waals surface area contributed by atoms with Crippen LogP contribution in [0.2, 0.25) is 0 Å². The lowest BCUT2D eigenvalue weighted by molar-refractivity contribution is 0.627. The fraction of sp³-hybridized carbons (Fsp3) is 0. The Morgan fingerprint density at radius 2 is 0.962 bits per heavy atom. The lowest BCUT2D eigenvalue weighted by Crippen LogP contribution is -1.96. The molecule has 1 aromatic heterocycles. The van der Waals surface area contributed by atoms with Gasteiger partial charge in [0.1, 0.15) is 11.6 Å². The van der Waals surface area contributed by atoms with Crippen LogP contribution in [0.1, 0.15) is 0 Å². The Morgan fingerprint density at radius 3 is 1.50 bits per heavy atom. The lowest BCUT2D eigenvalue weighted by Gasteiger charge is -2.09. The van der Waals surface area contributed by atoms with Crippen LogP contribution >= 0.6 is 0 Å². The fourth-order valence-electron chi connectivity index (χ4n) is 2.70. The molecule has 2 nitrogen and oxygen atoms in total. The molecular weight excluding hydrogens is 330 g/mol. The molecule has 0 aliphatic carbocycles. The van der Waals surface area contributed by atoms with Gasteiger partial charge in [0.05, 0.1) is 11.4 Å². The van der Waals surface area contributed by atoms with Crippen LogP contribution in [0, 0.1) is 11.6 Å². The second kappa shape index (κ2) is 6.84. The largest absolute Gasteiger partial charge is 0.228 e. The number of nitrogens with zero attached hydrogens (tertiary/aromatic N) is 2. The van der Waals surface area contributed by atoms with E-state index >= 15 is 0 Å². The minimum atomic E-state index is -0.313. The van der Waals surface area contributed by atoms with Crippen molar-refractivity contribution in [3.63, 3.8) is 0 Å².